The molecule has 0 bridgehead atoms. The first-order chi connectivity index (χ1) is 17.5. The van der Waals surface area contributed by atoms with E-state index in [4.69, 9.17) is 25.8 Å². The van der Waals surface area contributed by atoms with Crippen molar-refractivity contribution in [1.82, 2.24) is 4.90 Å². The first kappa shape index (κ1) is 23.8. The van der Waals surface area contributed by atoms with Crippen molar-refractivity contribution in [3.63, 3.8) is 0 Å². The standard InChI is InChI=1S/C27H23ClN2O6/c28-23-8-1-2-9-24(23)35-16-25(31)29-17-5-3-6-18(13-17)36-19-10-11-21-22(14-19)27(33)30(26(21)32)15-20-7-4-12-34-20/h1-3,5-6,8-11,13-14,20H,4,7,12,15-16H2,(H,29,31). The summed E-state index contributed by atoms with van der Waals surface area (Å²) in [6, 6.07) is 18.5. The predicted molar refractivity (Wildman–Crippen MR) is 133 cm³/mol. The highest BCUT2D eigenvalue weighted by Gasteiger charge is 2.37. The number of hydrogen-bond acceptors (Lipinski definition) is 6. The van der Waals surface area contributed by atoms with Crippen molar-refractivity contribution < 1.29 is 28.6 Å². The van der Waals surface area contributed by atoms with Crippen LogP contribution in [0.3, 0.4) is 0 Å². The third kappa shape index (κ3) is 5.19. The van der Waals surface area contributed by atoms with E-state index in [1.54, 1.807) is 66.7 Å². The Morgan fingerprint density at radius 1 is 1.00 bits per heavy atom. The second-order valence-corrected chi connectivity index (χ2v) is 8.87. The summed E-state index contributed by atoms with van der Waals surface area (Å²) in [5, 5.41) is 3.17. The molecule has 3 aromatic rings. The lowest BCUT2D eigenvalue weighted by Gasteiger charge is -2.17. The van der Waals surface area contributed by atoms with Crippen molar-refractivity contribution in [2.75, 3.05) is 25.1 Å². The van der Waals surface area contributed by atoms with Gasteiger partial charge in [-0.3, -0.25) is 19.3 Å². The van der Waals surface area contributed by atoms with Crippen LogP contribution in [0.15, 0.2) is 66.7 Å². The Morgan fingerprint density at radius 2 is 1.81 bits per heavy atom. The number of fused-ring (bicyclic) bond motifs is 1. The van der Waals surface area contributed by atoms with E-state index in [9.17, 15) is 14.4 Å². The normalized spacial score (nSPS) is 16.7. The van der Waals surface area contributed by atoms with Gasteiger partial charge in [-0.1, -0.05) is 29.8 Å². The fourth-order valence-corrected chi connectivity index (χ4v) is 4.36. The number of carbonyl (C=O) groups excluding carboxylic acids is 3. The number of amides is 3. The van der Waals surface area contributed by atoms with Crippen LogP contribution in [-0.2, 0) is 9.53 Å². The Balaban J connectivity index is 1.22. The second kappa shape index (κ2) is 10.4. The number of benzene rings is 3. The maximum atomic E-state index is 12.9. The van der Waals surface area contributed by atoms with E-state index in [2.05, 4.69) is 5.32 Å². The Kier molecular flexibility index (Phi) is 6.88. The molecule has 36 heavy (non-hydrogen) atoms. The number of imide groups is 1. The summed E-state index contributed by atoms with van der Waals surface area (Å²) in [6.45, 7) is 0.697. The predicted octanol–water partition coefficient (Wildman–Crippen LogP) is 4.92. The van der Waals surface area contributed by atoms with Crippen LogP contribution < -0.4 is 14.8 Å². The number of para-hydroxylation sites is 1. The van der Waals surface area contributed by atoms with Gasteiger partial charge in [0.25, 0.3) is 17.7 Å². The summed E-state index contributed by atoms with van der Waals surface area (Å²) in [4.78, 5) is 39.2. The SMILES string of the molecule is O=C(COc1ccccc1Cl)Nc1cccc(Oc2ccc3c(c2)C(=O)N(CC2CCCO2)C3=O)c1. The lowest BCUT2D eigenvalue weighted by atomic mass is 10.1. The van der Waals surface area contributed by atoms with E-state index in [1.165, 1.54) is 4.90 Å². The van der Waals surface area contributed by atoms with Crippen LogP contribution in [-0.4, -0.2) is 48.5 Å². The molecule has 3 aromatic carbocycles. The average Bonchev–Trinajstić information content (AvgIpc) is 3.47. The summed E-state index contributed by atoms with van der Waals surface area (Å²) in [5.74, 6) is 0.244. The van der Waals surface area contributed by atoms with Crippen molar-refractivity contribution in [2.24, 2.45) is 0 Å². The van der Waals surface area contributed by atoms with E-state index >= 15 is 0 Å². The highest BCUT2D eigenvalue weighted by molar-refractivity contribution is 6.32. The molecule has 2 aliphatic heterocycles. The monoisotopic (exact) mass is 506 g/mol. The van der Waals surface area contributed by atoms with Gasteiger partial charge in [0.05, 0.1) is 28.8 Å². The molecule has 0 saturated carbocycles. The lowest BCUT2D eigenvalue weighted by molar-refractivity contribution is -0.118. The maximum Gasteiger partial charge on any atom is 0.262 e. The van der Waals surface area contributed by atoms with Gasteiger partial charge in [-0.15, -0.1) is 0 Å². The van der Waals surface area contributed by atoms with Crippen LogP contribution in [0, 0.1) is 0 Å². The zero-order chi connectivity index (χ0) is 25.1. The number of halogens is 1. The van der Waals surface area contributed by atoms with Gasteiger partial charge < -0.3 is 19.5 Å². The van der Waals surface area contributed by atoms with E-state index in [1.807, 2.05) is 0 Å². The van der Waals surface area contributed by atoms with Crippen molar-refractivity contribution in [2.45, 2.75) is 18.9 Å². The van der Waals surface area contributed by atoms with Gasteiger partial charge in [0, 0.05) is 18.4 Å². The Bertz CT molecular complexity index is 1320. The minimum absolute atomic E-state index is 0.115. The lowest BCUT2D eigenvalue weighted by Crippen LogP contribution is -2.36. The summed E-state index contributed by atoms with van der Waals surface area (Å²) < 4.78 is 17.0. The fourth-order valence-electron chi connectivity index (χ4n) is 4.17. The molecule has 1 atom stereocenters. The molecule has 0 aromatic heterocycles. The molecule has 0 radical (unpaired) electrons. The molecule has 1 saturated heterocycles. The first-order valence-electron chi connectivity index (χ1n) is 11.5. The minimum atomic E-state index is -0.361. The average molecular weight is 507 g/mol. The molecule has 3 amide bonds. The van der Waals surface area contributed by atoms with E-state index in [0.717, 1.165) is 12.8 Å². The van der Waals surface area contributed by atoms with Crippen LogP contribution in [0.25, 0.3) is 0 Å². The van der Waals surface area contributed by atoms with Crippen LogP contribution in [0.5, 0.6) is 17.2 Å². The first-order valence-corrected chi connectivity index (χ1v) is 11.9. The zero-order valence-electron chi connectivity index (χ0n) is 19.2. The number of nitrogens with one attached hydrogen (secondary N) is 1. The van der Waals surface area contributed by atoms with Gasteiger partial charge in [0.15, 0.2) is 6.61 Å². The topological polar surface area (TPSA) is 94.2 Å². The highest BCUT2D eigenvalue weighted by Crippen LogP contribution is 2.31. The number of hydrogen-bond donors (Lipinski definition) is 1. The van der Waals surface area contributed by atoms with Gasteiger partial charge in [0.1, 0.15) is 17.2 Å². The molecular weight excluding hydrogens is 484 g/mol. The molecule has 1 fully saturated rings. The third-order valence-corrected chi connectivity index (χ3v) is 6.21. The molecule has 2 aliphatic rings. The third-order valence-electron chi connectivity index (χ3n) is 5.90. The maximum absolute atomic E-state index is 12.9. The molecule has 0 aliphatic carbocycles. The summed E-state index contributed by atoms with van der Waals surface area (Å²) in [5.41, 5.74) is 1.16. The quantitative estimate of drug-likeness (QED) is 0.436. The van der Waals surface area contributed by atoms with Crippen molar-refractivity contribution in [3.8, 4) is 17.2 Å². The Labute approximate surface area is 212 Å². The minimum Gasteiger partial charge on any atom is -0.482 e. The molecule has 5 rings (SSSR count). The summed E-state index contributed by atoms with van der Waals surface area (Å²) in [6.07, 6.45) is 1.65. The van der Waals surface area contributed by atoms with Crippen LogP contribution in [0.4, 0.5) is 5.69 Å². The van der Waals surface area contributed by atoms with Gasteiger partial charge >= 0.3 is 0 Å². The molecule has 0 spiro atoms. The number of carbonyl (C=O) groups is 3. The highest BCUT2D eigenvalue weighted by atomic mass is 35.5. The van der Waals surface area contributed by atoms with Gasteiger partial charge in [-0.05, 0) is 55.3 Å². The number of rotatable bonds is 8. The molecule has 8 nitrogen and oxygen atoms in total. The Hall–Kier alpha value is -3.88. The van der Waals surface area contributed by atoms with Crippen molar-refractivity contribution >= 4 is 35.0 Å². The van der Waals surface area contributed by atoms with E-state index in [-0.39, 0.29) is 37.0 Å². The van der Waals surface area contributed by atoms with Gasteiger partial charge in [0.2, 0.25) is 0 Å². The van der Waals surface area contributed by atoms with Crippen molar-refractivity contribution in [1.29, 1.82) is 0 Å². The van der Waals surface area contributed by atoms with Gasteiger partial charge in [-0.25, -0.2) is 0 Å². The van der Waals surface area contributed by atoms with E-state index < -0.39 is 0 Å². The molecular formula is C27H23ClN2O6. The number of anilines is 1. The molecule has 2 heterocycles. The smallest absolute Gasteiger partial charge is 0.262 e. The molecule has 9 heteroatoms. The summed E-state index contributed by atoms with van der Waals surface area (Å²) >= 11 is 6.04. The fraction of sp³-hybridized carbons (Fsp3) is 0.222. The number of ether oxygens (including phenoxy) is 3. The van der Waals surface area contributed by atoms with Crippen molar-refractivity contribution in [3.05, 3.63) is 82.9 Å². The van der Waals surface area contributed by atoms with Crippen LogP contribution in [0.1, 0.15) is 33.6 Å². The second-order valence-electron chi connectivity index (χ2n) is 8.46. The zero-order valence-corrected chi connectivity index (χ0v) is 20.0. The van der Waals surface area contributed by atoms with Crippen LogP contribution >= 0.6 is 11.6 Å². The van der Waals surface area contributed by atoms with E-state index in [0.29, 0.717) is 45.7 Å². The number of nitrogens with zero attached hydrogens (tertiary/aromatic N) is 1. The Morgan fingerprint density at radius 3 is 2.61 bits per heavy atom. The largest absolute Gasteiger partial charge is 0.482 e. The summed E-state index contributed by atoms with van der Waals surface area (Å²) in [7, 11) is 0. The van der Waals surface area contributed by atoms with Gasteiger partial charge in [-0.2, -0.15) is 0 Å². The molecule has 1 N–H and O–H groups in total. The van der Waals surface area contributed by atoms with Crippen LogP contribution in [0.2, 0.25) is 5.02 Å². The molecule has 184 valence electrons. The molecule has 1 unspecified atom stereocenters.